The van der Waals surface area contributed by atoms with Crippen LogP contribution in [0.5, 0.6) is 17.2 Å². The van der Waals surface area contributed by atoms with E-state index in [0.717, 1.165) is 10.7 Å². The molecule has 2 N–H and O–H groups in total. The van der Waals surface area contributed by atoms with Crippen molar-refractivity contribution in [3.63, 3.8) is 0 Å². The van der Waals surface area contributed by atoms with Gasteiger partial charge in [0.1, 0.15) is 10.8 Å². The Hall–Kier alpha value is -2.62. The molecule has 0 atom stereocenters. The fourth-order valence-electron chi connectivity index (χ4n) is 2.48. The summed E-state index contributed by atoms with van der Waals surface area (Å²) in [5.41, 5.74) is 1.51. The number of fused-ring (bicyclic) bond motifs is 1. The third-order valence-corrected chi connectivity index (χ3v) is 4.99. The molecule has 2 heterocycles. The highest BCUT2D eigenvalue weighted by Gasteiger charge is 2.20. The molecule has 1 aliphatic rings. The topological polar surface area (TPSA) is 77.0 Å². The van der Waals surface area contributed by atoms with E-state index in [2.05, 4.69) is 25.3 Å². The maximum absolute atomic E-state index is 12.7. The number of nitrogens with one attached hydrogen (secondary N) is 2. The lowest BCUT2D eigenvalue weighted by atomic mass is 10.1. The van der Waals surface area contributed by atoms with E-state index in [1.54, 1.807) is 24.5 Å². The van der Waals surface area contributed by atoms with E-state index in [4.69, 9.17) is 9.47 Å². The van der Waals surface area contributed by atoms with Gasteiger partial charge >= 0.3 is 6.61 Å². The van der Waals surface area contributed by atoms with Crippen LogP contribution in [0.25, 0.3) is 0 Å². The van der Waals surface area contributed by atoms with Crippen LogP contribution in [0.4, 0.5) is 8.78 Å². The van der Waals surface area contributed by atoms with E-state index in [-0.39, 0.29) is 19.1 Å². The highest BCUT2D eigenvalue weighted by Crippen LogP contribution is 2.38. The molecule has 0 unspecified atom stereocenters. The number of nitrogens with zero attached hydrogens (tertiary/aromatic N) is 2. The number of alkyl halides is 2. The Labute approximate surface area is 159 Å². The van der Waals surface area contributed by atoms with Gasteiger partial charge in [0.25, 0.3) is 0 Å². The lowest BCUT2D eigenvalue weighted by molar-refractivity contribution is -0.0505. The smallest absolute Gasteiger partial charge is 0.387 e. The van der Waals surface area contributed by atoms with Gasteiger partial charge in [0.2, 0.25) is 6.79 Å². The van der Waals surface area contributed by atoms with Gasteiger partial charge in [-0.2, -0.15) is 8.78 Å². The number of thiazole rings is 1. The van der Waals surface area contributed by atoms with Crippen LogP contribution in [-0.4, -0.2) is 31.4 Å². The van der Waals surface area contributed by atoms with Gasteiger partial charge in [-0.3, -0.25) is 4.99 Å². The monoisotopic (exact) mass is 398 g/mol. The van der Waals surface area contributed by atoms with E-state index in [1.807, 2.05) is 13.8 Å². The first kappa shape index (κ1) is 19.2. The Balaban J connectivity index is 1.65. The summed E-state index contributed by atoms with van der Waals surface area (Å²) < 4.78 is 40.5. The molecule has 0 amide bonds. The number of benzene rings is 1. The van der Waals surface area contributed by atoms with Crippen molar-refractivity contribution in [2.24, 2.45) is 4.99 Å². The minimum absolute atomic E-state index is 0.0309. The van der Waals surface area contributed by atoms with Crippen LogP contribution in [0, 0.1) is 13.8 Å². The molecule has 0 aliphatic carbocycles. The molecule has 0 saturated carbocycles. The number of aromatic nitrogens is 1. The quantitative estimate of drug-likeness (QED) is 0.576. The molecule has 2 aromatic rings. The van der Waals surface area contributed by atoms with Crippen LogP contribution in [0.3, 0.4) is 0 Å². The Bertz CT molecular complexity index is 822. The van der Waals surface area contributed by atoms with Gasteiger partial charge < -0.3 is 24.8 Å². The predicted molar refractivity (Wildman–Crippen MR) is 97.8 cm³/mol. The van der Waals surface area contributed by atoms with E-state index in [0.29, 0.717) is 29.6 Å². The largest absolute Gasteiger partial charge is 0.454 e. The molecule has 7 nitrogen and oxygen atoms in total. The fraction of sp³-hybridized carbons (Fsp3) is 0.412. The van der Waals surface area contributed by atoms with Crippen LogP contribution in [0.2, 0.25) is 0 Å². The summed E-state index contributed by atoms with van der Waals surface area (Å²) in [6.45, 7) is 1.84. The maximum atomic E-state index is 12.7. The standard InChI is InChI=1S/C17H20F2N4O3S/c1-9-10(2)27-15(23-9)7-22-17(20-3)21-6-11-4-13-14(25-8-24-13)5-12(11)26-16(18)19/h4-5,16H,6-8H2,1-3H3,(H2,20,21,22). The Morgan fingerprint density at radius 2 is 1.96 bits per heavy atom. The van der Waals surface area contributed by atoms with Crippen LogP contribution in [0.15, 0.2) is 17.1 Å². The zero-order valence-corrected chi connectivity index (χ0v) is 16.0. The van der Waals surface area contributed by atoms with Crippen molar-refractivity contribution in [2.75, 3.05) is 13.8 Å². The molecule has 0 saturated heterocycles. The molecule has 10 heteroatoms. The number of halogens is 2. The number of guanidine groups is 1. The molecule has 1 aliphatic heterocycles. The van der Waals surface area contributed by atoms with Crippen molar-refractivity contribution in [3.8, 4) is 17.2 Å². The van der Waals surface area contributed by atoms with Crippen molar-refractivity contribution in [3.05, 3.63) is 33.3 Å². The lowest BCUT2D eigenvalue weighted by Crippen LogP contribution is -2.36. The maximum Gasteiger partial charge on any atom is 0.387 e. The van der Waals surface area contributed by atoms with Crippen molar-refractivity contribution < 1.29 is 23.0 Å². The van der Waals surface area contributed by atoms with Gasteiger partial charge in [-0.15, -0.1) is 11.3 Å². The van der Waals surface area contributed by atoms with Crippen LogP contribution in [0.1, 0.15) is 21.1 Å². The van der Waals surface area contributed by atoms with Gasteiger partial charge in [0.05, 0.1) is 12.2 Å². The average Bonchev–Trinajstić information content (AvgIpc) is 3.20. The van der Waals surface area contributed by atoms with Crippen molar-refractivity contribution in [2.45, 2.75) is 33.5 Å². The second-order valence-electron chi connectivity index (χ2n) is 5.72. The van der Waals surface area contributed by atoms with Gasteiger partial charge in [-0.1, -0.05) is 0 Å². The zero-order valence-electron chi connectivity index (χ0n) is 15.1. The zero-order chi connectivity index (χ0) is 19.4. The van der Waals surface area contributed by atoms with Gasteiger partial charge in [-0.05, 0) is 19.9 Å². The summed E-state index contributed by atoms with van der Waals surface area (Å²) >= 11 is 1.61. The summed E-state index contributed by atoms with van der Waals surface area (Å²) in [7, 11) is 1.63. The number of aliphatic imine (C=N–C) groups is 1. The molecular formula is C17H20F2N4O3S. The molecule has 27 heavy (non-hydrogen) atoms. The summed E-state index contributed by atoms with van der Waals surface area (Å²) in [6.07, 6.45) is 0. The number of hydrogen-bond donors (Lipinski definition) is 2. The van der Waals surface area contributed by atoms with Crippen LogP contribution >= 0.6 is 11.3 Å². The van der Waals surface area contributed by atoms with Gasteiger partial charge in [0, 0.05) is 30.1 Å². The van der Waals surface area contributed by atoms with Gasteiger partial charge in [0.15, 0.2) is 17.5 Å². The SMILES string of the molecule is CN=C(NCc1nc(C)c(C)s1)NCc1cc2c(cc1OC(F)F)OCO2. The molecule has 0 spiro atoms. The van der Waals surface area contributed by atoms with Crippen molar-refractivity contribution >= 4 is 17.3 Å². The predicted octanol–water partition coefficient (Wildman–Crippen LogP) is 2.96. The Kier molecular flexibility index (Phi) is 5.94. The van der Waals surface area contributed by atoms with E-state index in [9.17, 15) is 8.78 Å². The van der Waals surface area contributed by atoms with E-state index >= 15 is 0 Å². The van der Waals surface area contributed by atoms with E-state index < -0.39 is 6.61 Å². The second-order valence-corrected chi connectivity index (χ2v) is 7.01. The highest BCUT2D eigenvalue weighted by atomic mass is 32.1. The third-order valence-electron chi connectivity index (χ3n) is 3.92. The average molecular weight is 398 g/mol. The molecule has 1 aromatic carbocycles. The number of hydrogen-bond acceptors (Lipinski definition) is 6. The summed E-state index contributed by atoms with van der Waals surface area (Å²) in [6, 6.07) is 3.02. The van der Waals surface area contributed by atoms with Crippen molar-refractivity contribution in [1.29, 1.82) is 0 Å². The van der Waals surface area contributed by atoms with Crippen LogP contribution < -0.4 is 24.8 Å². The lowest BCUT2D eigenvalue weighted by Gasteiger charge is -2.15. The molecule has 0 bridgehead atoms. The molecule has 3 rings (SSSR count). The molecular weight excluding hydrogens is 378 g/mol. The minimum Gasteiger partial charge on any atom is -0.454 e. The van der Waals surface area contributed by atoms with E-state index in [1.165, 1.54) is 10.9 Å². The number of rotatable bonds is 6. The summed E-state index contributed by atoms with van der Waals surface area (Å²) in [5, 5.41) is 7.17. The first-order valence-electron chi connectivity index (χ1n) is 8.21. The number of ether oxygens (including phenoxy) is 3. The first-order valence-corrected chi connectivity index (χ1v) is 9.02. The number of aryl methyl sites for hydroxylation is 2. The minimum atomic E-state index is -2.93. The van der Waals surface area contributed by atoms with Crippen molar-refractivity contribution in [1.82, 2.24) is 15.6 Å². The molecule has 146 valence electrons. The Morgan fingerprint density at radius 1 is 1.26 bits per heavy atom. The van der Waals surface area contributed by atoms with Gasteiger partial charge in [-0.25, -0.2) is 4.98 Å². The fourth-order valence-corrected chi connectivity index (χ4v) is 3.36. The Morgan fingerprint density at radius 3 is 2.59 bits per heavy atom. The second kappa shape index (κ2) is 8.38. The summed E-state index contributed by atoms with van der Waals surface area (Å²) in [5.74, 6) is 1.42. The molecule has 1 aromatic heterocycles. The van der Waals surface area contributed by atoms with Crippen LogP contribution in [-0.2, 0) is 13.1 Å². The molecule has 0 radical (unpaired) electrons. The first-order chi connectivity index (χ1) is 13.0. The highest BCUT2D eigenvalue weighted by molar-refractivity contribution is 7.11. The third kappa shape index (κ3) is 4.76. The normalized spacial score (nSPS) is 13.2. The summed E-state index contributed by atoms with van der Waals surface area (Å²) in [4.78, 5) is 9.77. The molecule has 0 fully saturated rings.